The number of ketones is 1. The second-order valence-corrected chi connectivity index (χ2v) is 8.94. The summed E-state index contributed by atoms with van der Waals surface area (Å²) in [5, 5.41) is 3.64. The van der Waals surface area contributed by atoms with Crippen LogP contribution in [-0.4, -0.2) is 26.5 Å². The lowest BCUT2D eigenvalue weighted by Crippen LogP contribution is -2.21. The number of carbonyl (C=O) groups excluding carboxylic acids is 1. The van der Waals surface area contributed by atoms with Crippen molar-refractivity contribution in [2.45, 2.75) is 45.6 Å². The minimum absolute atomic E-state index is 0.0454. The summed E-state index contributed by atoms with van der Waals surface area (Å²) in [6, 6.07) is 0.0746. The number of nitrogens with one attached hydrogen (secondary N) is 1. The van der Waals surface area contributed by atoms with Gasteiger partial charge in [-0.1, -0.05) is 27.7 Å². The van der Waals surface area contributed by atoms with E-state index in [2.05, 4.69) is 5.32 Å². The molecule has 7 heteroatoms. The first-order chi connectivity index (χ1) is 9.46. The molecule has 1 rings (SSSR count). The number of hydrogen-bond donors (Lipinski definition) is 2. The third-order valence-electron chi connectivity index (χ3n) is 3.38. The molecule has 1 aromatic rings. The first kappa shape index (κ1) is 18.0. The molecular weight excluding hydrogens is 308 g/mol. The van der Waals surface area contributed by atoms with Crippen LogP contribution >= 0.6 is 11.3 Å². The molecule has 0 saturated heterocycles. The Kier molecular flexibility index (Phi) is 5.44. The predicted octanol–water partition coefficient (Wildman–Crippen LogP) is 3.03. The topological polar surface area (TPSA) is 89.3 Å². The first-order valence-electron chi connectivity index (χ1n) is 6.89. The van der Waals surface area contributed by atoms with E-state index >= 15 is 0 Å². The van der Waals surface area contributed by atoms with Crippen LogP contribution in [0.3, 0.4) is 0 Å². The van der Waals surface area contributed by atoms with E-state index in [-0.39, 0.29) is 28.3 Å². The van der Waals surface area contributed by atoms with Crippen molar-refractivity contribution in [3.63, 3.8) is 0 Å². The van der Waals surface area contributed by atoms with Crippen molar-refractivity contribution in [2.75, 3.05) is 17.3 Å². The lowest BCUT2D eigenvalue weighted by molar-refractivity contribution is 0.0944. The maximum atomic E-state index is 12.2. The fourth-order valence-corrected chi connectivity index (χ4v) is 4.45. The van der Waals surface area contributed by atoms with E-state index in [0.717, 1.165) is 17.6 Å². The molecule has 0 bridgehead atoms. The van der Waals surface area contributed by atoms with Crippen LogP contribution in [0, 0.1) is 11.8 Å². The number of sulfone groups is 1. The Hall–Kier alpha value is -1.08. The fourth-order valence-electron chi connectivity index (χ4n) is 1.71. The predicted molar refractivity (Wildman–Crippen MR) is 88.9 cm³/mol. The Morgan fingerprint density at radius 1 is 1.19 bits per heavy atom. The molecule has 0 aliphatic heterocycles. The van der Waals surface area contributed by atoms with Gasteiger partial charge in [-0.05, 0) is 12.8 Å². The molecule has 0 aliphatic rings. The smallest absolute Gasteiger partial charge is 0.180 e. The summed E-state index contributed by atoms with van der Waals surface area (Å²) in [5.41, 5.74) is 6.02. The molecule has 0 radical (unpaired) electrons. The van der Waals surface area contributed by atoms with Gasteiger partial charge < -0.3 is 11.1 Å². The van der Waals surface area contributed by atoms with Crippen molar-refractivity contribution in [2.24, 2.45) is 11.8 Å². The summed E-state index contributed by atoms with van der Waals surface area (Å²) < 4.78 is 24.0. The van der Waals surface area contributed by atoms with Crippen LogP contribution in [0.2, 0.25) is 0 Å². The molecule has 3 N–H and O–H groups in total. The maximum Gasteiger partial charge on any atom is 0.180 e. The van der Waals surface area contributed by atoms with Crippen molar-refractivity contribution >= 4 is 37.6 Å². The van der Waals surface area contributed by atoms with Crippen LogP contribution in [0.25, 0.3) is 0 Å². The lowest BCUT2D eigenvalue weighted by atomic mass is 10.1. The zero-order chi connectivity index (χ0) is 16.5. The molecule has 5 nitrogen and oxygen atoms in total. The standard InChI is InChI=1S/C14H24N2O3S2/c1-7(2)9(5)16-14-13(21(6,18)19)10(15)12(20-14)11(17)8(3)4/h7-9,16H,15H2,1-6H3. The molecule has 0 spiro atoms. The number of rotatable bonds is 6. The van der Waals surface area contributed by atoms with E-state index in [1.807, 2.05) is 20.8 Å². The van der Waals surface area contributed by atoms with E-state index in [1.165, 1.54) is 0 Å². The number of Topliss-reactive ketones (excluding diaryl/α,β-unsaturated/α-hetero) is 1. The molecule has 120 valence electrons. The van der Waals surface area contributed by atoms with Crippen molar-refractivity contribution < 1.29 is 13.2 Å². The number of nitrogen functional groups attached to an aromatic ring is 1. The van der Waals surface area contributed by atoms with Gasteiger partial charge in [-0.25, -0.2) is 8.42 Å². The van der Waals surface area contributed by atoms with Gasteiger partial charge in [0.05, 0.1) is 10.6 Å². The highest BCUT2D eigenvalue weighted by Gasteiger charge is 2.28. The normalized spacial score (nSPS) is 13.7. The van der Waals surface area contributed by atoms with Crippen molar-refractivity contribution in [1.82, 2.24) is 0 Å². The third kappa shape index (κ3) is 3.97. The molecule has 1 heterocycles. The molecule has 0 aliphatic carbocycles. The van der Waals surface area contributed by atoms with Crippen LogP contribution in [0.5, 0.6) is 0 Å². The number of carbonyl (C=O) groups is 1. The summed E-state index contributed by atoms with van der Waals surface area (Å²) in [7, 11) is -3.50. The van der Waals surface area contributed by atoms with Gasteiger partial charge in [0.15, 0.2) is 15.6 Å². The van der Waals surface area contributed by atoms with Crippen LogP contribution in [0.1, 0.15) is 44.3 Å². The van der Waals surface area contributed by atoms with Crippen molar-refractivity contribution in [1.29, 1.82) is 0 Å². The Morgan fingerprint density at radius 2 is 1.71 bits per heavy atom. The van der Waals surface area contributed by atoms with E-state index in [1.54, 1.807) is 13.8 Å². The molecule has 0 amide bonds. The van der Waals surface area contributed by atoms with Gasteiger partial charge in [0.1, 0.15) is 9.90 Å². The molecule has 1 atom stereocenters. The van der Waals surface area contributed by atoms with Gasteiger partial charge in [0, 0.05) is 18.2 Å². The summed E-state index contributed by atoms with van der Waals surface area (Å²) in [4.78, 5) is 12.6. The van der Waals surface area contributed by atoms with Crippen LogP contribution in [-0.2, 0) is 9.84 Å². The van der Waals surface area contributed by atoms with E-state index in [0.29, 0.717) is 15.8 Å². The Bertz CT molecular complexity index is 631. The minimum atomic E-state index is -3.50. The van der Waals surface area contributed by atoms with Gasteiger partial charge in [0.25, 0.3) is 0 Å². The zero-order valence-electron chi connectivity index (χ0n) is 13.4. The average molecular weight is 332 g/mol. The molecule has 1 aromatic heterocycles. The highest BCUT2D eigenvalue weighted by atomic mass is 32.2. The number of nitrogens with two attached hydrogens (primary N) is 1. The monoisotopic (exact) mass is 332 g/mol. The molecule has 0 aromatic carbocycles. The van der Waals surface area contributed by atoms with E-state index in [9.17, 15) is 13.2 Å². The largest absolute Gasteiger partial charge is 0.396 e. The molecule has 21 heavy (non-hydrogen) atoms. The molecule has 1 unspecified atom stereocenters. The average Bonchev–Trinajstić information content (AvgIpc) is 2.64. The summed E-state index contributed by atoms with van der Waals surface area (Å²) in [6.07, 6.45) is 1.11. The zero-order valence-corrected chi connectivity index (χ0v) is 15.0. The second kappa shape index (κ2) is 6.36. The van der Waals surface area contributed by atoms with Crippen LogP contribution in [0.4, 0.5) is 10.7 Å². The van der Waals surface area contributed by atoms with Crippen LogP contribution < -0.4 is 11.1 Å². The summed E-state index contributed by atoms with van der Waals surface area (Å²) in [5.74, 6) is -0.0358. The molecule has 0 saturated carbocycles. The van der Waals surface area contributed by atoms with Gasteiger partial charge in [-0.3, -0.25) is 4.79 Å². The minimum Gasteiger partial charge on any atom is -0.396 e. The van der Waals surface area contributed by atoms with Crippen molar-refractivity contribution in [3.05, 3.63) is 4.88 Å². The van der Waals surface area contributed by atoms with Crippen molar-refractivity contribution in [3.8, 4) is 0 Å². The Labute approximate surface area is 130 Å². The SMILES string of the molecule is CC(C)C(=O)c1sc(NC(C)C(C)C)c(S(C)(=O)=O)c1N. The number of anilines is 2. The number of hydrogen-bond acceptors (Lipinski definition) is 6. The Morgan fingerprint density at radius 3 is 2.10 bits per heavy atom. The summed E-state index contributed by atoms with van der Waals surface area (Å²) in [6.45, 7) is 9.58. The van der Waals surface area contributed by atoms with Gasteiger partial charge in [0.2, 0.25) is 0 Å². The van der Waals surface area contributed by atoms with Gasteiger partial charge in [-0.15, -0.1) is 11.3 Å². The van der Waals surface area contributed by atoms with E-state index < -0.39 is 9.84 Å². The second-order valence-electron chi connectivity index (χ2n) is 5.97. The first-order valence-corrected chi connectivity index (χ1v) is 9.60. The quantitative estimate of drug-likeness (QED) is 0.782. The molecular formula is C14H24N2O3S2. The van der Waals surface area contributed by atoms with Gasteiger partial charge >= 0.3 is 0 Å². The lowest BCUT2D eigenvalue weighted by Gasteiger charge is -2.18. The van der Waals surface area contributed by atoms with E-state index in [4.69, 9.17) is 5.73 Å². The highest BCUT2D eigenvalue weighted by Crippen LogP contribution is 2.40. The maximum absolute atomic E-state index is 12.2. The van der Waals surface area contributed by atoms with Gasteiger partial charge in [-0.2, -0.15) is 0 Å². The number of thiophene rings is 1. The van der Waals surface area contributed by atoms with Crippen LogP contribution in [0.15, 0.2) is 4.90 Å². The molecule has 0 fully saturated rings. The third-order valence-corrected chi connectivity index (χ3v) is 5.82. The summed E-state index contributed by atoms with van der Waals surface area (Å²) >= 11 is 1.13. The highest BCUT2D eigenvalue weighted by molar-refractivity contribution is 7.91. The fraction of sp³-hybridized carbons (Fsp3) is 0.643. The Balaban J connectivity index is 3.43.